The zero-order valence-electron chi connectivity index (χ0n) is 39.7. The molecule has 0 radical (unpaired) electrons. The second-order valence-electron chi connectivity index (χ2n) is 20.0. The average molecular weight is 875 g/mol. The number of hydrogen-bond donors (Lipinski definition) is 0. The molecule has 0 amide bonds. The zero-order valence-corrected chi connectivity index (χ0v) is 39.7. The van der Waals surface area contributed by atoms with Crippen LogP contribution in [0.25, 0.3) is 56.0 Å². The molecule has 2 nitrogen and oxygen atoms in total. The molecule has 10 aromatic carbocycles. The molecular formula is C66H54N2. The van der Waals surface area contributed by atoms with Gasteiger partial charge in [0, 0.05) is 44.4 Å². The summed E-state index contributed by atoms with van der Waals surface area (Å²) < 4.78 is 0. The minimum Gasteiger partial charge on any atom is -0.310 e. The van der Waals surface area contributed by atoms with E-state index in [1.54, 1.807) is 0 Å². The Kier molecular flexibility index (Phi) is 9.67. The molecule has 0 heterocycles. The van der Waals surface area contributed by atoms with Crippen LogP contribution in [0.3, 0.4) is 0 Å². The SMILES string of the molecule is Cc1cccc(N(c2ccc3c(c2)C(C)(C)c2cc(/C=C/c4ccc5c(c4)C(C)(C)c4cc(N(c6cccc(C)c6)c6cccc7ccccc67)ccc4-5)ccc2-3)c2cccc3ccccc23)c1. The van der Waals surface area contributed by atoms with Gasteiger partial charge in [-0.2, -0.15) is 0 Å². The van der Waals surface area contributed by atoms with Gasteiger partial charge in [-0.05, 0) is 152 Å². The fraction of sp³-hybridized carbons (Fsp3) is 0.121. The Morgan fingerprint density at radius 1 is 0.324 bits per heavy atom. The normalized spacial score (nSPS) is 13.9. The van der Waals surface area contributed by atoms with Gasteiger partial charge in [-0.25, -0.2) is 0 Å². The lowest BCUT2D eigenvalue weighted by Crippen LogP contribution is -2.17. The number of benzene rings is 10. The number of nitrogens with zero attached hydrogens (tertiary/aromatic N) is 2. The summed E-state index contributed by atoms with van der Waals surface area (Å²) in [6.07, 6.45) is 4.59. The van der Waals surface area contributed by atoms with Crippen LogP contribution in [0.4, 0.5) is 34.1 Å². The number of hydrogen-bond acceptors (Lipinski definition) is 2. The summed E-state index contributed by atoms with van der Waals surface area (Å²) >= 11 is 0. The summed E-state index contributed by atoms with van der Waals surface area (Å²) in [6, 6.07) is 76.6. The Labute approximate surface area is 401 Å². The Bertz CT molecular complexity index is 3430. The van der Waals surface area contributed by atoms with Crippen molar-refractivity contribution in [1.29, 1.82) is 0 Å². The third kappa shape index (κ3) is 6.77. The van der Waals surface area contributed by atoms with Gasteiger partial charge in [0.05, 0.1) is 11.4 Å². The van der Waals surface area contributed by atoms with E-state index in [0.29, 0.717) is 0 Å². The summed E-state index contributed by atoms with van der Waals surface area (Å²) in [5, 5.41) is 4.94. The van der Waals surface area contributed by atoms with Crippen LogP contribution in [0.5, 0.6) is 0 Å². The van der Waals surface area contributed by atoms with Gasteiger partial charge in [-0.3, -0.25) is 0 Å². The first-order valence-corrected chi connectivity index (χ1v) is 24.0. The molecule has 2 aliphatic carbocycles. The Hall–Kier alpha value is -7.94. The van der Waals surface area contributed by atoms with Crippen LogP contribution in [-0.2, 0) is 10.8 Å². The van der Waals surface area contributed by atoms with Gasteiger partial charge in [0.2, 0.25) is 0 Å². The summed E-state index contributed by atoms with van der Waals surface area (Å²) in [4.78, 5) is 4.87. The van der Waals surface area contributed by atoms with Crippen LogP contribution in [0.2, 0.25) is 0 Å². The van der Waals surface area contributed by atoms with Crippen molar-refractivity contribution in [2.45, 2.75) is 52.4 Å². The van der Waals surface area contributed by atoms with E-state index in [1.807, 2.05) is 0 Å². The van der Waals surface area contributed by atoms with Crippen molar-refractivity contribution >= 4 is 67.8 Å². The standard InChI is InChI=1S/C66H54N2/c1-43-15-11-21-49(37-43)67(63-25-13-19-47-17-7-9-23-53(47)63)51-31-35-57-55-33-29-45(39-59(55)65(3,4)61(57)41-51)27-28-46-30-34-56-58-36-32-52(42-62(58)66(5,6)60(56)40-46)68(50-22-12-16-44(2)38-50)64-26-14-20-48-18-8-10-24-54(48)64/h7-42H,1-6H3/b28-27+. The molecule has 0 saturated carbocycles. The first kappa shape index (κ1) is 41.5. The van der Waals surface area contributed by atoms with E-state index >= 15 is 0 Å². The minimum absolute atomic E-state index is 0.188. The van der Waals surface area contributed by atoms with Gasteiger partial charge in [0.15, 0.2) is 0 Å². The van der Waals surface area contributed by atoms with Gasteiger partial charge in [-0.15, -0.1) is 0 Å². The fourth-order valence-electron chi connectivity index (χ4n) is 11.4. The van der Waals surface area contributed by atoms with Crippen LogP contribution >= 0.6 is 0 Å². The lowest BCUT2D eigenvalue weighted by Gasteiger charge is -2.29. The lowest BCUT2D eigenvalue weighted by molar-refractivity contribution is 0.660. The maximum absolute atomic E-state index is 2.44. The summed E-state index contributed by atoms with van der Waals surface area (Å²) in [5.74, 6) is 0. The third-order valence-electron chi connectivity index (χ3n) is 14.9. The van der Waals surface area contributed by atoms with Crippen molar-refractivity contribution in [1.82, 2.24) is 0 Å². The molecule has 0 atom stereocenters. The Morgan fingerprint density at radius 2 is 0.676 bits per heavy atom. The van der Waals surface area contributed by atoms with Gasteiger partial charge >= 0.3 is 0 Å². The van der Waals surface area contributed by atoms with Crippen molar-refractivity contribution in [3.63, 3.8) is 0 Å². The highest BCUT2D eigenvalue weighted by Crippen LogP contribution is 2.53. The van der Waals surface area contributed by atoms with Crippen molar-refractivity contribution in [2.24, 2.45) is 0 Å². The molecule has 0 spiro atoms. The van der Waals surface area contributed by atoms with E-state index in [1.165, 1.54) is 99.7 Å². The van der Waals surface area contributed by atoms with E-state index in [4.69, 9.17) is 0 Å². The number of rotatable bonds is 8. The third-order valence-corrected chi connectivity index (χ3v) is 14.9. The molecule has 0 saturated heterocycles. The number of fused-ring (bicyclic) bond motifs is 8. The van der Waals surface area contributed by atoms with Crippen molar-refractivity contribution in [2.75, 3.05) is 9.80 Å². The maximum Gasteiger partial charge on any atom is 0.0540 e. The first-order valence-electron chi connectivity index (χ1n) is 24.0. The first-order chi connectivity index (χ1) is 33.0. The number of anilines is 6. The predicted molar refractivity (Wildman–Crippen MR) is 291 cm³/mol. The molecule has 0 N–H and O–H groups in total. The zero-order chi connectivity index (χ0) is 46.3. The van der Waals surface area contributed by atoms with Gasteiger partial charge < -0.3 is 9.80 Å². The van der Waals surface area contributed by atoms with E-state index < -0.39 is 0 Å². The molecule has 0 fully saturated rings. The molecule has 0 bridgehead atoms. The van der Waals surface area contributed by atoms with E-state index in [2.05, 4.69) is 270 Å². The van der Waals surface area contributed by atoms with Crippen LogP contribution in [-0.4, -0.2) is 0 Å². The monoisotopic (exact) mass is 874 g/mol. The lowest BCUT2D eigenvalue weighted by atomic mass is 9.81. The molecule has 2 aliphatic rings. The summed E-state index contributed by atoms with van der Waals surface area (Å²) in [7, 11) is 0. The molecular weight excluding hydrogens is 821 g/mol. The van der Waals surface area contributed by atoms with Gasteiger partial charge in [0.1, 0.15) is 0 Å². The highest BCUT2D eigenvalue weighted by molar-refractivity contribution is 6.01. The smallest absolute Gasteiger partial charge is 0.0540 e. The molecule has 10 aromatic rings. The van der Waals surface area contributed by atoms with Crippen molar-refractivity contribution in [3.05, 3.63) is 251 Å². The number of aryl methyl sites for hydroxylation is 2. The maximum atomic E-state index is 2.44. The van der Waals surface area contributed by atoms with E-state index in [0.717, 1.165) is 22.7 Å². The topological polar surface area (TPSA) is 6.48 Å². The molecule has 2 heteroatoms. The highest BCUT2D eigenvalue weighted by Gasteiger charge is 2.38. The van der Waals surface area contributed by atoms with Gasteiger partial charge in [0.25, 0.3) is 0 Å². The Balaban J connectivity index is 0.858. The van der Waals surface area contributed by atoms with Crippen LogP contribution in [0, 0.1) is 13.8 Å². The molecule has 0 unspecified atom stereocenters. The van der Waals surface area contributed by atoms with Gasteiger partial charge in [-0.1, -0.05) is 185 Å². The molecule has 12 rings (SSSR count). The molecule has 328 valence electrons. The van der Waals surface area contributed by atoms with Crippen molar-refractivity contribution < 1.29 is 0 Å². The van der Waals surface area contributed by atoms with Crippen LogP contribution < -0.4 is 9.80 Å². The largest absolute Gasteiger partial charge is 0.310 e. The minimum atomic E-state index is -0.188. The average Bonchev–Trinajstić information content (AvgIpc) is 3.71. The fourth-order valence-corrected chi connectivity index (χ4v) is 11.4. The Morgan fingerprint density at radius 3 is 1.10 bits per heavy atom. The molecule has 0 aromatic heterocycles. The summed E-state index contributed by atoms with van der Waals surface area (Å²) in [6.45, 7) is 13.9. The van der Waals surface area contributed by atoms with Crippen LogP contribution in [0.15, 0.2) is 206 Å². The second-order valence-corrected chi connectivity index (χ2v) is 20.0. The van der Waals surface area contributed by atoms with Crippen LogP contribution in [0.1, 0.15) is 72.2 Å². The van der Waals surface area contributed by atoms with E-state index in [-0.39, 0.29) is 10.8 Å². The van der Waals surface area contributed by atoms with Crippen molar-refractivity contribution in [3.8, 4) is 22.3 Å². The quantitative estimate of drug-likeness (QED) is 0.140. The highest BCUT2D eigenvalue weighted by atomic mass is 15.1. The second kappa shape index (κ2) is 15.9. The predicted octanol–water partition coefficient (Wildman–Crippen LogP) is 18.3. The van der Waals surface area contributed by atoms with E-state index in [9.17, 15) is 0 Å². The molecule has 0 aliphatic heterocycles. The summed E-state index contributed by atoms with van der Waals surface area (Å²) in [5.41, 5.74) is 22.2. The molecule has 68 heavy (non-hydrogen) atoms.